The Balaban J connectivity index is 1.46. The Labute approximate surface area is 163 Å². The third-order valence-corrected chi connectivity index (χ3v) is 5.40. The quantitative estimate of drug-likeness (QED) is 0.763. The fourth-order valence-electron chi connectivity index (χ4n) is 3.12. The summed E-state index contributed by atoms with van der Waals surface area (Å²) >= 11 is 1.56. The molecule has 1 aliphatic rings. The molecule has 6 nitrogen and oxygen atoms in total. The lowest BCUT2D eigenvalue weighted by atomic mass is 10.1. The van der Waals surface area contributed by atoms with Crippen molar-refractivity contribution in [2.75, 3.05) is 32.8 Å². The average molecular weight is 388 g/mol. The minimum absolute atomic E-state index is 0.0823. The third-order valence-electron chi connectivity index (χ3n) is 4.57. The summed E-state index contributed by atoms with van der Waals surface area (Å²) < 4.78 is 5.42. The number of carbonyl (C=O) groups excluding carboxylic acids is 2. The maximum atomic E-state index is 12.5. The lowest BCUT2D eigenvalue weighted by Gasteiger charge is -2.34. The maximum absolute atomic E-state index is 12.5. The van der Waals surface area contributed by atoms with Gasteiger partial charge in [-0.1, -0.05) is 12.1 Å². The van der Waals surface area contributed by atoms with Crippen molar-refractivity contribution in [3.63, 3.8) is 0 Å². The van der Waals surface area contributed by atoms with E-state index in [0.717, 1.165) is 22.0 Å². The second kappa shape index (κ2) is 8.99. The number of rotatable bonds is 6. The molecule has 0 spiro atoms. The zero-order valence-electron chi connectivity index (χ0n) is 15.8. The standard InChI is InChI=1S/C20H25N3O3S/c1-3-26-18-6-4-16(5-7-18)12-19(24)22-8-10-23(11-9-22)20(25)13-17-14-27-15(2)21-17/h4-7,14H,3,8-13H2,1-2H3. The first-order valence-electron chi connectivity index (χ1n) is 9.23. The smallest absolute Gasteiger partial charge is 0.228 e. The summed E-state index contributed by atoms with van der Waals surface area (Å²) in [5.74, 6) is 0.997. The molecule has 0 saturated carbocycles. The van der Waals surface area contributed by atoms with Gasteiger partial charge in [0.05, 0.1) is 30.2 Å². The lowest BCUT2D eigenvalue weighted by Crippen LogP contribution is -2.51. The maximum Gasteiger partial charge on any atom is 0.228 e. The van der Waals surface area contributed by atoms with E-state index in [1.54, 1.807) is 11.3 Å². The van der Waals surface area contributed by atoms with Gasteiger partial charge in [0.1, 0.15) is 5.75 Å². The SMILES string of the molecule is CCOc1ccc(CC(=O)N2CCN(C(=O)Cc3csc(C)n3)CC2)cc1. The average Bonchev–Trinajstić information content (AvgIpc) is 3.08. The molecule has 1 saturated heterocycles. The van der Waals surface area contributed by atoms with Gasteiger partial charge in [-0.3, -0.25) is 9.59 Å². The van der Waals surface area contributed by atoms with Gasteiger partial charge in [-0.15, -0.1) is 11.3 Å². The van der Waals surface area contributed by atoms with Crippen LogP contribution in [-0.2, 0) is 22.4 Å². The minimum atomic E-state index is 0.0823. The van der Waals surface area contributed by atoms with E-state index in [9.17, 15) is 9.59 Å². The zero-order chi connectivity index (χ0) is 19.2. The molecule has 0 aliphatic carbocycles. The van der Waals surface area contributed by atoms with Crippen molar-refractivity contribution >= 4 is 23.2 Å². The summed E-state index contributed by atoms with van der Waals surface area (Å²) in [4.78, 5) is 33.0. The number of nitrogens with zero attached hydrogens (tertiary/aromatic N) is 3. The van der Waals surface area contributed by atoms with Gasteiger partial charge in [-0.2, -0.15) is 0 Å². The first-order valence-corrected chi connectivity index (χ1v) is 10.1. The summed E-state index contributed by atoms with van der Waals surface area (Å²) in [7, 11) is 0. The molecule has 1 aromatic heterocycles. The van der Waals surface area contributed by atoms with Gasteiger partial charge in [0.2, 0.25) is 11.8 Å². The Morgan fingerprint density at radius 1 is 1.04 bits per heavy atom. The molecule has 2 aromatic rings. The largest absolute Gasteiger partial charge is 0.494 e. The van der Waals surface area contributed by atoms with E-state index in [4.69, 9.17) is 4.74 Å². The number of carbonyl (C=O) groups is 2. The van der Waals surface area contributed by atoms with Gasteiger partial charge < -0.3 is 14.5 Å². The predicted molar refractivity (Wildman–Crippen MR) is 105 cm³/mol. The van der Waals surface area contributed by atoms with Gasteiger partial charge in [-0.05, 0) is 31.5 Å². The van der Waals surface area contributed by atoms with Crippen LogP contribution in [0.25, 0.3) is 0 Å². The van der Waals surface area contributed by atoms with Gasteiger partial charge in [-0.25, -0.2) is 4.98 Å². The summed E-state index contributed by atoms with van der Waals surface area (Å²) in [6.07, 6.45) is 0.711. The van der Waals surface area contributed by atoms with E-state index in [-0.39, 0.29) is 11.8 Å². The van der Waals surface area contributed by atoms with Gasteiger partial charge >= 0.3 is 0 Å². The molecule has 0 N–H and O–H groups in total. The molecule has 27 heavy (non-hydrogen) atoms. The van der Waals surface area contributed by atoms with E-state index < -0.39 is 0 Å². The third kappa shape index (κ3) is 5.29. The summed E-state index contributed by atoms with van der Waals surface area (Å²) in [6, 6.07) is 7.64. The van der Waals surface area contributed by atoms with Crippen LogP contribution in [0, 0.1) is 6.92 Å². The topological polar surface area (TPSA) is 62.7 Å². The van der Waals surface area contributed by atoms with Crippen LogP contribution in [0.15, 0.2) is 29.6 Å². The highest BCUT2D eigenvalue weighted by Gasteiger charge is 2.24. The van der Waals surface area contributed by atoms with Crippen LogP contribution in [0.5, 0.6) is 5.75 Å². The van der Waals surface area contributed by atoms with Crippen molar-refractivity contribution in [1.29, 1.82) is 0 Å². The molecule has 7 heteroatoms. The van der Waals surface area contributed by atoms with E-state index >= 15 is 0 Å². The van der Waals surface area contributed by atoms with Gasteiger partial charge in [0.15, 0.2) is 0 Å². The molecule has 3 rings (SSSR count). The molecule has 1 aliphatic heterocycles. The lowest BCUT2D eigenvalue weighted by molar-refractivity contribution is -0.138. The van der Waals surface area contributed by atoms with Crippen LogP contribution >= 0.6 is 11.3 Å². The molecule has 0 atom stereocenters. The fourth-order valence-corrected chi connectivity index (χ4v) is 3.73. The predicted octanol–water partition coefficient (Wildman–Crippen LogP) is 2.31. The number of hydrogen-bond acceptors (Lipinski definition) is 5. The molecule has 1 fully saturated rings. The Hall–Kier alpha value is -2.41. The molecule has 2 heterocycles. The van der Waals surface area contributed by atoms with Crippen LogP contribution in [-0.4, -0.2) is 59.4 Å². The number of aromatic nitrogens is 1. The van der Waals surface area contributed by atoms with Gasteiger partial charge in [0.25, 0.3) is 0 Å². The van der Waals surface area contributed by atoms with Crippen molar-refractivity contribution in [3.8, 4) is 5.75 Å². The molecule has 0 radical (unpaired) electrons. The normalized spacial score (nSPS) is 14.3. The highest BCUT2D eigenvalue weighted by molar-refractivity contribution is 7.09. The van der Waals surface area contributed by atoms with Crippen LogP contribution in [0.2, 0.25) is 0 Å². The highest BCUT2D eigenvalue weighted by atomic mass is 32.1. The second-order valence-electron chi connectivity index (χ2n) is 6.55. The van der Waals surface area contributed by atoms with E-state index in [1.807, 2.05) is 53.3 Å². The number of hydrogen-bond donors (Lipinski definition) is 0. The highest BCUT2D eigenvalue weighted by Crippen LogP contribution is 2.14. The Morgan fingerprint density at radius 3 is 2.15 bits per heavy atom. The number of thiazole rings is 1. The molecule has 1 aromatic carbocycles. The first-order chi connectivity index (χ1) is 13.0. The van der Waals surface area contributed by atoms with E-state index in [2.05, 4.69) is 4.98 Å². The molecule has 144 valence electrons. The Kier molecular flexibility index (Phi) is 6.45. The van der Waals surface area contributed by atoms with Gasteiger partial charge in [0, 0.05) is 31.6 Å². The summed E-state index contributed by atoms with van der Waals surface area (Å²) in [5, 5.41) is 2.91. The first kappa shape index (κ1) is 19.4. The fraction of sp³-hybridized carbons (Fsp3) is 0.450. The molecule has 0 unspecified atom stereocenters. The van der Waals surface area contributed by atoms with Crippen LogP contribution < -0.4 is 4.74 Å². The van der Waals surface area contributed by atoms with E-state index in [1.165, 1.54) is 0 Å². The van der Waals surface area contributed by atoms with Crippen LogP contribution in [0.4, 0.5) is 0 Å². The van der Waals surface area contributed by atoms with Crippen molar-refractivity contribution in [2.24, 2.45) is 0 Å². The van der Waals surface area contributed by atoms with E-state index in [0.29, 0.717) is 45.6 Å². The van der Waals surface area contributed by atoms with Crippen molar-refractivity contribution in [2.45, 2.75) is 26.7 Å². The van der Waals surface area contributed by atoms with Crippen molar-refractivity contribution in [1.82, 2.24) is 14.8 Å². The molecular formula is C20H25N3O3S. The molecular weight excluding hydrogens is 362 g/mol. The number of amides is 2. The second-order valence-corrected chi connectivity index (χ2v) is 7.61. The Bertz CT molecular complexity index is 780. The zero-order valence-corrected chi connectivity index (χ0v) is 16.6. The monoisotopic (exact) mass is 387 g/mol. The summed E-state index contributed by atoms with van der Waals surface area (Å²) in [6.45, 7) is 6.83. The Morgan fingerprint density at radius 2 is 1.63 bits per heavy atom. The molecule has 0 bridgehead atoms. The van der Waals surface area contributed by atoms with Crippen LogP contribution in [0.1, 0.15) is 23.2 Å². The van der Waals surface area contributed by atoms with Crippen molar-refractivity contribution < 1.29 is 14.3 Å². The van der Waals surface area contributed by atoms with Crippen LogP contribution in [0.3, 0.4) is 0 Å². The number of benzene rings is 1. The van der Waals surface area contributed by atoms with Crippen molar-refractivity contribution in [3.05, 3.63) is 45.9 Å². The number of ether oxygens (including phenoxy) is 1. The number of aryl methyl sites for hydroxylation is 1. The summed E-state index contributed by atoms with van der Waals surface area (Å²) in [5.41, 5.74) is 1.80. The molecule has 2 amide bonds. The number of piperazine rings is 1. The minimum Gasteiger partial charge on any atom is -0.494 e.